The Morgan fingerprint density at radius 3 is 2.50 bits per heavy atom. The molecule has 0 unspecified atom stereocenters. The van der Waals surface area contributed by atoms with Gasteiger partial charge in [-0.2, -0.15) is 0 Å². The van der Waals surface area contributed by atoms with Crippen molar-refractivity contribution in [1.82, 2.24) is 10.3 Å². The summed E-state index contributed by atoms with van der Waals surface area (Å²) in [5.41, 5.74) is 1.02. The molecule has 0 aromatic carbocycles. The van der Waals surface area contributed by atoms with Crippen LogP contribution in [0.1, 0.15) is 54.7 Å². The third-order valence-electron chi connectivity index (χ3n) is 3.60. The van der Waals surface area contributed by atoms with Gasteiger partial charge in [0.25, 0.3) is 0 Å². The van der Waals surface area contributed by atoms with Gasteiger partial charge in [0.1, 0.15) is 5.69 Å². The molecular weight excluding hydrogens is 258 g/mol. The van der Waals surface area contributed by atoms with E-state index in [0.717, 1.165) is 25.7 Å². The number of aromatic carboxylic acids is 1. The molecule has 0 radical (unpaired) electrons. The second kappa shape index (κ2) is 6.45. The van der Waals surface area contributed by atoms with Crippen molar-refractivity contribution in [2.75, 3.05) is 5.32 Å². The van der Waals surface area contributed by atoms with Gasteiger partial charge in [0, 0.05) is 11.7 Å². The van der Waals surface area contributed by atoms with E-state index in [1.165, 1.54) is 12.8 Å². The molecule has 1 fully saturated rings. The monoisotopic (exact) mass is 279 g/mol. The molecule has 1 aromatic rings. The second-order valence-corrected chi connectivity index (χ2v) is 5.33. The van der Waals surface area contributed by atoms with Crippen molar-refractivity contribution in [2.45, 2.75) is 51.5 Å². The zero-order valence-corrected chi connectivity index (χ0v) is 11.7. The minimum Gasteiger partial charge on any atom is -0.477 e. The minimum absolute atomic E-state index is 0.0125. The predicted octanol–water partition coefficient (Wildman–Crippen LogP) is 2.87. The highest BCUT2D eigenvalue weighted by Gasteiger charge is 2.18. The van der Waals surface area contributed by atoms with E-state index in [2.05, 4.69) is 15.6 Å². The number of carboxylic acid groups (broad SMARTS) is 1. The molecule has 1 aliphatic carbocycles. The lowest BCUT2D eigenvalue weighted by Gasteiger charge is -2.16. The van der Waals surface area contributed by atoms with E-state index in [1.807, 2.05) is 0 Å². The summed E-state index contributed by atoms with van der Waals surface area (Å²) in [6, 6.07) is 1.47. The van der Waals surface area contributed by atoms with E-state index in [-0.39, 0.29) is 17.8 Å². The number of urea groups is 1. The predicted molar refractivity (Wildman–Crippen MR) is 76.1 cm³/mol. The van der Waals surface area contributed by atoms with Gasteiger partial charge in [-0.1, -0.05) is 25.7 Å². The Labute approximate surface area is 118 Å². The van der Waals surface area contributed by atoms with Gasteiger partial charge in [0.15, 0.2) is 0 Å². The smallest absolute Gasteiger partial charge is 0.354 e. The van der Waals surface area contributed by atoms with Crippen molar-refractivity contribution in [2.24, 2.45) is 0 Å². The summed E-state index contributed by atoms with van der Waals surface area (Å²) >= 11 is 0. The molecule has 20 heavy (non-hydrogen) atoms. The molecule has 1 heterocycles. The summed E-state index contributed by atoms with van der Waals surface area (Å²) in [6.45, 7) is 1.75. The number of H-pyrrole nitrogens is 1. The van der Waals surface area contributed by atoms with E-state index < -0.39 is 5.97 Å². The lowest BCUT2D eigenvalue weighted by atomic mass is 10.1. The van der Waals surface area contributed by atoms with Crippen LogP contribution in [0.25, 0.3) is 0 Å². The van der Waals surface area contributed by atoms with Gasteiger partial charge in [-0.15, -0.1) is 0 Å². The first kappa shape index (κ1) is 14.4. The van der Waals surface area contributed by atoms with Crippen molar-refractivity contribution in [3.8, 4) is 0 Å². The first-order valence-corrected chi connectivity index (χ1v) is 7.06. The van der Waals surface area contributed by atoms with Crippen LogP contribution in [0.2, 0.25) is 0 Å². The Morgan fingerprint density at radius 1 is 1.25 bits per heavy atom. The second-order valence-electron chi connectivity index (χ2n) is 5.33. The highest BCUT2D eigenvalue weighted by molar-refractivity contribution is 5.99. The summed E-state index contributed by atoms with van der Waals surface area (Å²) in [5.74, 6) is -1.08. The Bertz CT molecular complexity index is 488. The molecule has 2 rings (SSSR count). The highest BCUT2D eigenvalue weighted by atomic mass is 16.4. The van der Waals surface area contributed by atoms with E-state index in [4.69, 9.17) is 5.11 Å². The summed E-state index contributed by atoms with van der Waals surface area (Å²) in [4.78, 5) is 25.7. The summed E-state index contributed by atoms with van der Waals surface area (Å²) in [5, 5.41) is 14.6. The molecule has 6 nitrogen and oxygen atoms in total. The number of carbonyl (C=O) groups is 2. The number of amides is 2. The molecule has 0 bridgehead atoms. The molecule has 1 aromatic heterocycles. The zero-order chi connectivity index (χ0) is 14.5. The number of carboxylic acids is 1. The Morgan fingerprint density at radius 2 is 1.90 bits per heavy atom. The maximum absolute atomic E-state index is 11.9. The Hall–Kier alpha value is -1.98. The van der Waals surface area contributed by atoms with Gasteiger partial charge in [-0.3, -0.25) is 0 Å². The maximum Gasteiger partial charge on any atom is 0.354 e. The summed E-state index contributed by atoms with van der Waals surface area (Å²) in [7, 11) is 0. The largest absolute Gasteiger partial charge is 0.477 e. The van der Waals surface area contributed by atoms with Crippen LogP contribution >= 0.6 is 0 Å². The third-order valence-corrected chi connectivity index (χ3v) is 3.60. The fourth-order valence-electron chi connectivity index (χ4n) is 2.62. The van der Waals surface area contributed by atoms with Crippen molar-refractivity contribution >= 4 is 17.7 Å². The molecule has 0 spiro atoms. The molecule has 0 atom stereocenters. The van der Waals surface area contributed by atoms with Crippen LogP contribution in [0, 0.1) is 6.92 Å². The number of carbonyl (C=O) groups excluding carboxylic acids is 1. The lowest BCUT2D eigenvalue weighted by Crippen LogP contribution is -2.37. The van der Waals surface area contributed by atoms with Crippen molar-refractivity contribution < 1.29 is 14.7 Å². The molecule has 1 aliphatic rings. The quantitative estimate of drug-likeness (QED) is 0.641. The molecule has 110 valence electrons. The van der Waals surface area contributed by atoms with Crippen molar-refractivity contribution in [3.63, 3.8) is 0 Å². The van der Waals surface area contributed by atoms with Gasteiger partial charge in [0.2, 0.25) is 0 Å². The fourth-order valence-corrected chi connectivity index (χ4v) is 2.62. The van der Waals surface area contributed by atoms with E-state index >= 15 is 0 Å². The molecular formula is C14H21N3O3. The van der Waals surface area contributed by atoms with E-state index in [9.17, 15) is 9.59 Å². The summed E-state index contributed by atoms with van der Waals surface area (Å²) < 4.78 is 0. The number of hydrogen-bond acceptors (Lipinski definition) is 2. The summed E-state index contributed by atoms with van der Waals surface area (Å²) in [6.07, 6.45) is 6.69. The van der Waals surface area contributed by atoms with Crippen LogP contribution in [-0.4, -0.2) is 28.1 Å². The molecule has 6 heteroatoms. The average molecular weight is 279 g/mol. The third kappa shape index (κ3) is 3.76. The van der Waals surface area contributed by atoms with Crippen LogP contribution in [0.5, 0.6) is 0 Å². The van der Waals surface area contributed by atoms with Crippen LogP contribution in [0.3, 0.4) is 0 Å². The maximum atomic E-state index is 11.9. The first-order chi connectivity index (χ1) is 9.56. The van der Waals surface area contributed by atoms with Crippen molar-refractivity contribution in [1.29, 1.82) is 0 Å². The minimum atomic E-state index is -1.08. The van der Waals surface area contributed by atoms with Crippen LogP contribution in [0.15, 0.2) is 6.07 Å². The molecule has 2 amide bonds. The average Bonchev–Trinajstić information content (AvgIpc) is 2.59. The number of anilines is 1. The van der Waals surface area contributed by atoms with Crippen LogP contribution in [-0.2, 0) is 0 Å². The van der Waals surface area contributed by atoms with Gasteiger partial charge in [-0.25, -0.2) is 9.59 Å². The number of nitrogens with one attached hydrogen (secondary N) is 3. The number of aromatic amines is 1. The van der Waals surface area contributed by atoms with Gasteiger partial charge in [0.05, 0.1) is 5.69 Å². The number of hydrogen-bond donors (Lipinski definition) is 4. The molecule has 4 N–H and O–H groups in total. The lowest BCUT2D eigenvalue weighted by molar-refractivity contribution is 0.0692. The number of rotatable bonds is 3. The van der Waals surface area contributed by atoms with E-state index in [0.29, 0.717) is 11.4 Å². The van der Waals surface area contributed by atoms with Crippen molar-refractivity contribution in [3.05, 3.63) is 17.5 Å². The molecule has 1 saturated carbocycles. The van der Waals surface area contributed by atoms with E-state index in [1.54, 1.807) is 13.0 Å². The Balaban J connectivity index is 1.95. The zero-order valence-electron chi connectivity index (χ0n) is 11.7. The van der Waals surface area contributed by atoms with Crippen LogP contribution < -0.4 is 10.6 Å². The van der Waals surface area contributed by atoms with Gasteiger partial charge >= 0.3 is 12.0 Å². The first-order valence-electron chi connectivity index (χ1n) is 7.06. The van der Waals surface area contributed by atoms with Crippen LogP contribution in [0.4, 0.5) is 10.5 Å². The number of aryl methyl sites for hydroxylation is 1. The SMILES string of the molecule is Cc1cc(NC(=O)NC2CCCCCC2)c(C(=O)O)[nH]1. The highest BCUT2D eigenvalue weighted by Crippen LogP contribution is 2.19. The standard InChI is InChI=1S/C14H21N3O3/c1-9-8-11(12(15-9)13(18)19)17-14(20)16-10-6-4-2-3-5-7-10/h8,10,15H,2-7H2,1H3,(H,18,19)(H2,16,17,20). The normalized spacial score (nSPS) is 16.4. The van der Waals surface area contributed by atoms with Gasteiger partial charge < -0.3 is 20.7 Å². The molecule has 0 aliphatic heterocycles. The fraction of sp³-hybridized carbons (Fsp3) is 0.571. The number of aromatic nitrogens is 1. The topological polar surface area (TPSA) is 94.2 Å². The Kier molecular flexibility index (Phi) is 4.65. The van der Waals surface area contributed by atoms with Gasteiger partial charge in [-0.05, 0) is 25.8 Å². The molecule has 0 saturated heterocycles.